The van der Waals surface area contributed by atoms with Crippen molar-refractivity contribution in [1.82, 2.24) is 29.8 Å². The number of pyridine rings is 1. The Balaban J connectivity index is 1.57. The van der Waals surface area contributed by atoms with Gasteiger partial charge in [-0.2, -0.15) is 9.61 Å². The number of halogens is 1. The summed E-state index contributed by atoms with van der Waals surface area (Å²) in [5, 5.41) is 18.8. The number of hydrogen-bond donors (Lipinski definition) is 3. The summed E-state index contributed by atoms with van der Waals surface area (Å²) in [6.45, 7) is 2.38. The van der Waals surface area contributed by atoms with Crippen LogP contribution in [0.25, 0.3) is 5.65 Å². The second-order valence-corrected chi connectivity index (χ2v) is 7.72. The molecule has 1 aliphatic heterocycles. The van der Waals surface area contributed by atoms with Crippen molar-refractivity contribution in [3.8, 4) is 0 Å². The van der Waals surface area contributed by atoms with E-state index in [2.05, 4.69) is 47.6 Å². The summed E-state index contributed by atoms with van der Waals surface area (Å²) in [4.78, 5) is 11.1. The first-order chi connectivity index (χ1) is 13.7. The lowest BCUT2D eigenvalue weighted by molar-refractivity contribution is 0.302. The molecule has 4 heterocycles. The van der Waals surface area contributed by atoms with Gasteiger partial charge in [0.2, 0.25) is 0 Å². The topological polar surface area (TPSA) is 94.2 Å². The molecule has 1 aliphatic rings. The van der Waals surface area contributed by atoms with E-state index >= 15 is 0 Å². The Morgan fingerprint density at radius 2 is 2.14 bits per heavy atom. The molecule has 3 N–H and O–H groups in total. The van der Waals surface area contributed by atoms with Crippen LogP contribution in [0.5, 0.6) is 0 Å². The quantitative estimate of drug-likeness (QED) is 0.424. The molecule has 1 saturated heterocycles. The van der Waals surface area contributed by atoms with Crippen LogP contribution in [0.4, 0.5) is 5.82 Å². The van der Waals surface area contributed by atoms with Crippen molar-refractivity contribution < 1.29 is 0 Å². The van der Waals surface area contributed by atoms with Crippen molar-refractivity contribution in [2.45, 2.75) is 25.3 Å². The number of likely N-dealkylation sites (tertiary alicyclic amines) is 1. The number of nitrogens with zero attached hydrogens (tertiary/aromatic N) is 5. The fourth-order valence-electron chi connectivity index (χ4n) is 3.54. The van der Waals surface area contributed by atoms with Crippen molar-refractivity contribution in [2.75, 3.05) is 25.5 Å². The van der Waals surface area contributed by atoms with Gasteiger partial charge in [-0.1, -0.05) is 6.07 Å². The average molecular weight is 443 g/mol. The van der Waals surface area contributed by atoms with Gasteiger partial charge in [0.05, 0.1) is 10.7 Å². The van der Waals surface area contributed by atoms with Crippen molar-refractivity contribution in [2.24, 2.45) is 0 Å². The van der Waals surface area contributed by atoms with Gasteiger partial charge < -0.3 is 15.5 Å². The van der Waals surface area contributed by atoms with E-state index in [0.29, 0.717) is 18.4 Å². The van der Waals surface area contributed by atoms with E-state index in [-0.39, 0.29) is 0 Å². The lowest BCUT2D eigenvalue weighted by Crippen LogP contribution is -2.43. The van der Waals surface area contributed by atoms with E-state index < -0.39 is 0 Å². The molecule has 3 aromatic heterocycles. The molecule has 0 atom stereocenters. The summed E-state index contributed by atoms with van der Waals surface area (Å²) < 4.78 is 2.71. The van der Waals surface area contributed by atoms with Gasteiger partial charge in [-0.05, 0) is 40.4 Å². The van der Waals surface area contributed by atoms with Crippen LogP contribution in [-0.2, 0) is 6.54 Å². The molecule has 0 aliphatic carbocycles. The minimum absolute atomic E-state index is 0.367. The largest absolute Gasteiger partial charge is 0.366 e. The minimum Gasteiger partial charge on any atom is -0.366 e. The SMILES string of the molecule is CNC(=N)N1CCC(c2cc(NCc3cccnc3)n3ncc(Br)c3n2)CC1. The Labute approximate surface area is 172 Å². The summed E-state index contributed by atoms with van der Waals surface area (Å²) in [6, 6.07) is 6.09. The highest BCUT2D eigenvalue weighted by Crippen LogP contribution is 2.30. The number of hydrogen-bond acceptors (Lipinski definition) is 5. The molecule has 9 heteroatoms. The Morgan fingerprint density at radius 1 is 1.32 bits per heavy atom. The van der Waals surface area contributed by atoms with Crippen LogP contribution in [0.1, 0.15) is 30.0 Å². The van der Waals surface area contributed by atoms with Gasteiger partial charge in [0.1, 0.15) is 5.82 Å². The molecule has 0 amide bonds. The first-order valence-electron chi connectivity index (χ1n) is 9.34. The summed E-state index contributed by atoms with van der Waals surface area (Å²) in [5.74, 6) is 1.77. The number of rotatable bonds is 4. The lowest BCUT2D eigenvalue weighted by atomic mass is 9.93. The second kappa shape index (κ2) is 8.14. The Morgan fingerprint density at radius 3 is 2.86 bits per heavy atom. The van der Waals surface area contributed by atoms with Crippen molar-refractivity contribution in [1.29, 1.82) is 5.41 Å². The number of guanidine groups is 1. The molecule has 0 aromatic carbocycles. The van der Waals surface area contributed by atoms with Crippen LogP contribution in [0.3, 0.4) is 0 Å². The highest BCUT2D eigenvalue weighted by atomic mass is 79.9. The zero-order valence-electron chi connectivity index (χ0n) is 15.7. The lowest BCUT2D eigenvalue weighted by Gasteiger charge is -2.33. The molecule has 28 heavy (non-hydrogen) atoms. The number of fused-ring (bicyclic) bond motifs is 1. The molecule has 1 fully saturated rings. The van der Waals surface area contributed by atoms with Crippen molar-refractivity contribution in [3.05, 3.63) is 52.5 Å². The fraction of sp³-hybridized carbons (Fsp3) is 0.368. The van der Waals surface area contributed by atoms with Crippen LogP contribution < -0.4 is 10.6 Å². The maximum absolute atomic E-state index is 7.95. The van der Waals surface area contributed by atoms with Gasteiger partial charge in [-0.15, -0.1) is 0 Å². The third kappa shape index (κ3) is 3.80. The molecule has 146 valence electrons. The summed E-state index contributed by atoms with van der Waals surface area (Å²) in [7, 11) is 1.79. The maximum Gasteiger partial charge on any atom is 0.190 e. The van der Waals surface area contributed by atoms with Gasteiger partial charge in [0.15, 0.2) is 11.6 Å². The normalized spacial score (nSPS) is 15.0. The zero-order valence-corrected chi connectivity index (χ0v) is 17.3. The highest BCUT2D eigenvalue weighted by Gasteiger charge is 2.24. The maximum atomic E-state index is 7.95. The first-order valence-corrected chi connectivity index (χ1v) is 10.1. The van der Waals surface area contributed by atoms with E-state index in [0.717, 1.165) is 53.1 Å². The first kappa shape index (κ1) is 18.7. The summed E-state index contributed by atoms with van der Waals surface area (Å²) in [6.07, 6.45) is 7.36. The van der Waals surface area contributed by atoms with Crippen LogP contribution in [-0.4, -0.2) is 50.6 Å². The highest BCUT2D eigenvalue weighted by molar-refractivity contribution is 9.10. The predicted molar refractivity (Wildman–Crippen MR) is 113 cm³/mol. The van der Waals surface area contributed by atoms with Crippen LogP contribution in [0.15, 0.2) is 41.3 Å². The number of nitrogens with one attached hydrogen (secondary N) is 3. The second-order valence-electron chi connectivity index (χ2n) is 6.87. The molecule has 3 aromatic rings. The van der Waals surface area contributed by atoms with Gasteiger partial charge >= 0.3 is 0 Å². The van der Waals surface area contributed by atoms with E-state index in [1.54, 1.807) is 19.4 Å². The number of aromatic nitrogens is 4. The van der Waals surface area contributed by atoms with Gasteiger partial charge in [-0.3, -0.25) is 10.4 Å². The van der Waals surface area contributed by atoms with Crippen LogP contribution >= 0.6 is 15.9 Å². The predicted octanol–water partition coefficient (Wildman–Crippen LogP) is 2.83. The van der Waals surface area contributed by atoms with E-state index in [1.165, 1.54) is 0 Å². The Hall–Kier alpha value is -2.68. The van der Waals surface area contributed by atoms with Gasteiger partial charge in [0.25, 0.3) is 0 Å². The fourth-order valence-corrected chi connectivity index (χ4v) is 3.89. The van der Waals surface area contributed by atoms with E-state index in [1.807, 2.05) is 22.8 Å². The number of piperidine rings is 1. The average Bonchev–Trinajstić information content (AvgIpc) is 3.13. The van der Waals surface area contributed by atoms with Gasteiger partial charge in [0, 0.05) is 56.8 Å². The molecule has 0 radical (unpaired) electrons. The third-order valence-corrected chi connectivity index (χ3v) is 5.67. The minimum atomic E-state index is 0.367. The monoisotopic (exact) mass is 442 g/mol. The number of anilines is 1. The van der Waals surface area contributed by atoms with E-state index in [4.69, 9.17) is 10.4 Å². The molecular weight excluding hydrogens is 420 g/mol. The molecule has 8 nitrogen and oxygen atoms in total. The standard InChI is InChI=1S/C19H23BrN8/c1-22-19(21)27-7-4-14(5-8-27)16-9-17(24-11-13-3-2-6-23-10-13)28-18(26-16)15(20)12-25-28/h2-3,6,9-10,12,14,24H,4-5,7-8,11H2,1H3,(H2,21,22). The van der Waals surface area contributed by atoms with Crippen LogP contribution in [0, 0.1) is 5.41 Å². The Bertz CT molecular complexity index is 963. The summed E-state index contributed by atoms with van der Waals surface area (Å²) >= 11 is 3.56. The molecular formula is C19H23BrN8. The molecule has 4 rings (SSSR count). The molecule has 0 bridgehead atoms. The third-order valence-electron chi connectivity index (χ3n) is 5.11. The molecule has 0 unspecified atom stereocenters. The van der Waals surface area contributed by atoms with Gasteiger partial charge in [-0.25, -0.2) is 4.98 Å². The van der Waals surface area contributed by atoms with Crippen molar-refractivity contribution in [3.63, 3.8) is 0 Å². The Kier molecular flexibility index (Phi) is 5.43. The summed E-state index contributed by atoms with van der Waals surface area (Å²) in [5.41, 5.74) is 2.99. The molecule has 0 spiro atoms. The molecule has 0 saturated carbocycles. The zero-order chi connectivity index (χ0) is 19.5. The van der Waals surface area contributed by atoms with Crippen LogP contribution in [0.2, 0.25) is 0 Å². The smallest absolute Gasteiger partial charge is 0.190 e. The van der Waals surface area contributed by atoms with Crippen molar-refractivity contribution >= 4 is 33.4 Å². The van der Waals surface area contributed by atoms with E-state index in [9.17, 15) is 0 Å².